The van der Waals surface area contributed by atoms with E-state index >= 15 is 0 Å². The van der Waals surface area contributed by atoms with Crippen LogP contribution in [0.2, 0.25) is 0 Å². The molecule has 0 atom stereocenters. The summed E-state index contributed by atoms with van der Waals surface area (Å²) in [5, 5.41) is 0. The first-order chi connectivity index (χ1) is 5.65. The van der Waals surface area contributed by atoms with E-state index in [9.17, 15) is 13.6 Å². The third-order valence-electron chi connectivity index (χ3n) is 1.22. The van der Waals surface area contributed by atoms with E-state index in [1.54, 1.807) is 0 Å². The molecule has 0 aliphatic heterocycles. The Kier molecular flexibility index (Phi) is 5.36. The number of ether oxygens (including phenoxy) is 1. The minimum atomic E-state index is -1.16. The van der Waals surface area contributed by atoms with E-state index < -0.39 is 17.9 Å². The quantitative estimate of drug-likeness (QED) is 0.518. The van der Waals surface area contributed by atoms with E-state index in [2.05, 4.69) is 9.72 Å². The molecule has 0 fully saturated rings. The molecule has 0 N–H and O–H groups in total. The number of methoxy groups -OCH3 is 1. The molecule has 72 valence electrons. The molecular weight excluding hydrogens is 208 g/mol. The van der Waals surface area contributed by atoms with Gasteiger partial charge in [0, 0.05) is 37.7 Å². The predicted octanol–water partition coefficient (Wildman–Crippen LogP) is 1.15. The molecule has 0 radical (unpaired) electrons. The average molecular weight is 213 g/mol. The van der Waals surface area contributed by atoms with Crippen LogP contribution in [0.15, 0.2) is 12.1 Å². The summed E-state index contributed by atoms with van der Waals surface area (Å²) in [4.78, 5) is 13.5. The van der Waals surface area contributed by atoms with Crippen molar-refractivity contribution in [3.05, 3.63) is 29.6 Å². The van der Waals surface area contributed by atoms with E-state index in [4.69, 9.17) is 0 Å². The van der Waals surface area contributed by atoms with Gasteiger partial charge in [0.25, 0.3) is 0 Å². The van der Waals surface area contributed by atoms with Gasteiger partial charge >= 0.3 is 5.97 Å². The van der Waals surface area contributed by atoms with Gasteiger partial charge < -0.3 is 4.74 Å². The maximum absolute atomic E-state index is 12.6. The van der Waals surface area contributed by atoms with Gasteiger partial charge in [-0.25, -0.2) is 4.79 Å². The largest absolute Gasteiger partial charge is 0.465 e. The van der Waals surface area contributed by atoms with Crippen molar-refractivity contribution >= 4 is 5.97 Å². The van der Waals surface area contributed by atoms with Crippen LogP contribution >= 0.6 is 0 Å². The summed E-state index contributed by atoms with van der Waals surface area (Å²) in [6.45, 7) is 0. The Morgan fingerprint density at radius 3 is 2.54 bits per heavy atom. The van der Waals surface area contributed by atoms with Gasteiger partial charge in [0.15, 0.2) is 0 Å². The molecule has 0 aromatic carbocycles. The Bertz CT molecular complexity index is 319. The standard InChI is InChI=1S/C7H5F2NO2.Ar/c1-12-7(11)4-2-3-5(8)10-6(4)9;/h2-3H,1H3;. The van der Waals surface area contributed by atoms with Crippen molar-refractivity contribution in [3.8, 4) is 0 Å². The van der Waals surface area contributed by atoms with Gasteiger partial charge in [-0.3, -0.25) is 0 Å². The first-order valence-corrected chi connectivity index (χ1v) is 3.05. The minimum absolute atomic E-state index is 0. The fraction of sp³-hybridized carbons (Fsp3) is 0.143. The molecule has 0 aliphatic carbocycles. The fourth-order valence-corrected chi connectivity index (χ4v) is 0.674. The molecule has 0 spiro atoms. The second kappa shape index (κ2) is 5.47. The summed E-state index contributed by atoms with van der Waals surface area (Å²) >= 11 is 0. The molecule has 6 heteroatoms. The van der Waals surface area contributed by atoms with Crippen molar-refractivity contribution in [3.63, 3.8) is 0 Å². The maximum atomic E-state index is 12.6. The zero-order chi connectivity index (χ0) is 9.14. The van der Waals surface area contributed by atoms with Crippen LogP contribution in [0.4, 0.5) is 8.78 Å². The van der Waals surface area contributed by atoms with Gasteiger partial charge in [-0.15, -0.1) is 0 Å². The topological polar surface area (TPSA) is 39.2 Å². The molecule has 0 saturated heterocycles. The van der Waals surface area contributed by atoms with E-state index in [-0.39, 0.29) is 43.3 Å². The van der Waals surface area contributed by atoms with Gasteiger partial charge in [-0.2, -0.15) is 13.8 Å². The van der Waals surface area contributed by atoms with Crippen LogP contribution in [0.25, 0.3) is 0 Å². The second-order valence-corrected chi connectivity index (χ2v) is 1.96. The summed E-state index contributed by atoms with van der Waals surface area (Å²) in [6.07, 6.45) is 0. The molecule has 0 saturated carbocycles. The number of carbonyl (C=O) groups is 1. The number of esters is 1. The Morgan fingerprint density at radius 2 is 2.08 bits per heavy atom. The second-order valence-electron chi connectivity index (χ2n) is 1.96. The normalized spacial score (nSPS) is 8.85. The smallest absolute Gasteiger partial charge is 0.342 e. The number of hydrogen-bond donors (Lipinski definition) is 0. The monoisotopic (exact) mass is 213 g/mol. The van der Waals surface area contributed by atoms with Gasteiger partial charge in [-0.05, 0) is 12.1 Å². The Morgan fingerprint density at radius 1 is 1.46 bits per heavy atom. The van der Waals surface area contributed by atoms with Gasteiger partial charge in [-0.1, -0.05) is 0 Å². The average Bonchev–Trinajstić information content (AvgIpc) is 2.03. The summed E-state index contributed by atoms with van der Waals surface area (Å²) in [5.74, 6) is -3.01. The molecule has 1 aromatic heterocycles. The third-order valence-corrected chi connectivity index (χ3v) is 1.22. The van der Waals surface area contributed by atoms with Crippen LogP contribution in [0.3, 0.4) is 0 Å². The molecule has 0 aliphatic rings. The van der Waals surface area contributed by atoms with Crippen LogP contribution in [0.1, 0.15) is 10.4 Å². The number of pyridine rings is 1. The van der Waals surface area contributed by atoms with Crippen LogP contribution in [0, 0.1) is 49.6 Å². The molecule has 13 heavy (non-hydrogen) atoms. The number of nitrogens with zero attached hydrogens (tertiary/aromatic N) is 1. The van der Waals surface area contributed by atoms with Gasteiger partial charge in [0.05, 0.1) is 7.11 Å². The SMILES string of the molecule is COC(=O)c1ccc(F)nc1F.[Ar]. The summed E-state index contributed by atoms with van der Waals surface area (Å²) < 4.78 is 29.1. The number of hydrogen-bond acceptors (Lipinski definition) is 3. The molecule has 3 nitrogen and oxygen atoms in total. The zero-order valence-electron chi connectivity index (χ0n) is 6.53. The van der Waals surface area contributed by atoms with Crippen molar-refractivity contribution < 1.29 is 56.1 Å². The molecule has 0 bridgehead atoms. The predicted molar refractivity (Wildman–Crippen MR) is 35.5 cm³/mol. The zero-order valence-corrected chi connectivity index (χ0v) is 7.23. The Labute approximate surface area is 103 Å². The first-order valence-electron chi connectivity index (χ1n) is 3.05. The van der Waals surface area contributed by atoms with Crippen LogP contribution in [-0.2, 0) is 4.74 Å². The Balaban J connectivity index is 0.00000144. The van der Waals surface area contributed by atoms with Gasteiger partial charge in [0.2, 0.25) is 11.9 Å². The number of carbonyl (C=O) groups excluding carboxylic acids is 1. The number of aromatic nitrogens is 1. The van der Waals surface area contributed by atoms with Crippen molar-refractivity contribution in [2.24, 2.45) is 0 Å². The molecule has 0 unspecified atom stereocenters. The summed E-state index contributed by atoms with van der Waals surface area (Å²) in [6, 6.07) is 1.86. The first kappa shape index (κ1) is 12.7. The number of rotatable bonds is 1. The fourth-order valence-electron chi connectivity index (χ4n) is 0.674. The maximum Gasteiger partial charge on any atom is 0.342 e. The van der Waals surface area contributed by atoms with Crippen molar-refractivity contribution in [2.45, 2.75) is 0 Å². The molecular formula is C7H5ArF2NO2. The van der Waals surface area contributed by atoms with Crippen LogP contribution in [-0.4, -0.2) is 18.1 Å². The van der Waals surface area contributed by atoms with E-state index in [0.29, 0.717) is 0 Å². The third kappa shape index (κ3) is 3.17. The van der Waals surface area contributed by atoms with E-state index in [0.717, 1.165) is 19.2 Å². The van der Waals surface area contributed by atoms with Crippen molar-refractivity contribution in [2.75, 3.05) is 7.11 Å². The molecule has 1 rings (SSSR count). The molecule has 1 heterocycles. The molecule has 0 amide bonds. The van der Waals surface area contributed by atoms with Crippen LogP contribution in [0.5, 0.6) is 0 Å². The van der Waals surface area contributed by atoms with Crippen molar-refractivity contribution in [1.29, 1.82) is 0 Å². The van der Waals surface area contributed by atoms with Gasteiger partial charge in [0.1, 0.15) is 5.56 Å². The van der Waals surface area contributed by atoms with E-state index in [1.807, 2.05) is 0 Å². The number of halogens is 2. The summed E-state index contributed by atoms with van der Waals surface area (Å²) in [5.41, 5.74) is -0.376. The minimum Gasteiger partial charge on any atom is -0.465 e. The van der Waals surface area contributed by atoms with E-state index in [1.165, 1.54) is 0 Å². The van der Waals surface area contributed by atoms with Crippen LogP contribution < -0.4 is 0 Å². The molecule has 1 aromatic rings. The Hall–Kier alpha value is -0.260. The summed E-state index contributed by atoms with van der Waals surface area (Å²) in [7, 11) is 1.10. The van der Waals surface area contributed by atoms with Crippen molar-refractivity contribution in [1.82, 2.24) is 4.98 Å².